The molecular formula is C9H17N5. The van der Waals surface area contributed by atoms with Gasteiger partial charge in [-0.2, -0.15) is 0 Å². The zero-order valence-corrected chi connectivity index (χ0v) is 8.77. The van der Waals surface area contributed by atoms with Crippen LogP contribution < -0.4 is 5.73 Å². The van der Waals surface area contributed by atoms with E-state index in [1.54, 1.807) is 0 Å². The van der Waals surface area contributed by atoms with Crippen LogP contribution in [-0.4, -0.2) is 20.2 Å². The molecule has 1 unspecified atom stereocenters. The third-order valence-corrected chi connectivity index (χ3v) is 3.09. The third-order valence-electron chi connectivity index (χ3n) is 3.09. The van der Waals surface area contributed by atoms with Crippen LogP contribution in [0.2, 0.25) is 0 Å². The maximum absolute atomic E-state index is 5.82. The summed E-state index contributed by atoms with van der Waals surface area (Å²) in [5.74, 6) is 0.800. The topological polar surface area (TPSA) is 69.6 Å². The van der Waals surface area contributed by atoms with Gasteiger partial charge in [-0.3, -0.25) is 0 Å². The molecule has 0 amide bonds. The Morgan fingerprint density at radius 3 is 2.64 bits per heavy atom. The van der Waals surface area contributed by atoms with Crippen molar-refractivity contribution >= 4 is 0 Å². The average molecular weight is 195 g/mol. The minimum atomic E-state index is -0.0950. The number of rotatable bonds is 2. The van der Waals surface area contributed by atoms with Crippen LogP contribution in [0.1, 0.15) is 51.4 Å². The van der Waals surface area contributed by atoms with Crippen molar-refractivity contribution in [1.29, 1.82) is 0 Å². The molecule has 1 saturated carbocycles. The average Bonchev–Trinajstić information content (AvgIpc) is 2.71. The van der Waals surface area contributed by atoms with Gasteiger partial charge in [-0.25, -0.2) is 4.68 Å². The fourth-order valence-corrected chi connectivity index (χ4v) is 2.21. The normalized spacial score (nSPS) is 22.5. The van der Waals surface area contributed by atoms with Crippen LogP contribution in [0.25, 0.3) is 0 Å². The Balaban J connectivity index is 2.35. The van der Waals surface area contributed by atoms with E-state index in [4.69, 9.17) is 5.73 Å². The monoisotopic (exact) mass is 195 g/mol. The van der Waals surface area contributed by atoms with Gasteiger partial charge in [0.2, 0.25) is 0 Å². The summed E-state index contributed by atoms with van der Waals surface area (Å²) in [5, 5.41) is 11.8. The molecule has 14 heavy (non-hydrogen) atoms. The summed E-state index contributed by atoms with van der Waals surface area (Å²) in [6.45, 7) is 4.13. The van der Waals surface area contributed by atoms with Crippen LogP contribution in [0.15, 0.2) is 0 Å². The predicted molar refractivity (Wildman–Crippen MR) is 52.5 cm³/mol. The minimum absolute atomic E-state index is 0.0897. The zero-order chi connectivity index (χ0) is 10.2. The van der Waals surface area contributed by atoms with Gasteiger partial charge in [-0.1, -0.05) is 12.8 Å². The van der Waals surface area contributed by atoms with Crippen molar-refractivity contribution in [2.24, 2.45) is 5.73 Å². The number of hydrogen-bond acceptors (Lipinski definition) is 4. The summed E-state index contributed by atoms with van der Waals surface area (Å²) >= 11 is 0. The van der Waals surface area contributed by atoms with Gasteiger partial charge in [0.15, 0.2) is 5.82 Å². The molecular weight excluding hydrogens is 178 g/mol. The molecule has 5 heteroatoms. The maximum Gasteiger partial charge on any atom is 0.168 e. The number of nitrogens with two attached hydrogens (primary N) is 1. The Morgan fingerprint density at radius 1 is 1.43 bits per heavy atom. The fraction of sp³-hybridized carbons (Fsp3) is 0.889. The predicted octanol–water partition coefficient (Wildman–Crippen LogP) is 0.982. The second-order valence-electron chi connectivity index (χ2n) is 4.44. The summed E-state index contributed by atoms with van der Waals surface area (Å²) in [5.41, 5.74) is 5.91. The molecule has 0 bridgehead atoms. The number of tetrazole rings is 1. The van der Waals surface area contributed by atoms with E-state index in [1.165, 1.54) is 12.8 Å². The minimum Gasteiger partial charge on any atom is -0.322 e. The second-order valence-corrected chi connectivity index (χ2v) is 4.44. The quantitative estimate of drug-likeness (QED) is 0.763. The lowest BCUT2D eigenvalue weighted by Gasteiger charge is -2.25. The van der Waals surface area contributed by atoms with Crippen molar-refractivity contribution in [3.63, 3.8) is 0 Å². The van der Waals surface area contributed by atoms with Gasteiger partial charge in [0.25, 0.3) is 0 Å². The molecule has 1 aromatic heterocycles. The highest BCUT2D eigenvalue weighted by Gasteiger charge is 2.34. The van der Waals surface area contributed by atoms with E-state index in [1.807, 2.05) is 11.6 Å². The largest absolute Gasteiger partial charge is 0.322 e. The Hall–Kier alpha value is -0.970. The highest BCUT2D eigenvalue weighted by molar-refractivity contribution is 4.96. The molecule has 1 aliphatic carbocycles. The highest BCUT2D eigenvalue weighted by Crippen LogP contribution is 2.36. The lowest BCUT2D eigenvalue weighted by Crippen LogP contribution is -2.31. The van der Waals surface area contributed by atoms with Crippen molar-refractivity contribution in [3.8, 4) is 0 Å². The summed E-state index contributed by atoms with van der Waals surface area (Å²) < 4.78 is 1.92. The number of hydrogen-bond donors (Lipinski definition) is 1. The van der Waals surface area contributed by atoms with Gasteiger partial charge < -0.3 is 5.73 Å². The maximum atomic E-state index is 5.82. The van der Waals surface area contributed by atoms with E-state index in [9.17, 15) is 0 Å². The molecule has 0 aromatic carbocycles. The molecule has 1 aliphatic rings. The van der Waals surface area contributed by atoms with Gasteiger partial charge in [-0.15, -0.1) is 5.10 Å². The van der Waals surface area contributed by atoms with E-state index in [0.717, 1.165) is 18.7 Å². The van der Waals surface area contributed by atoms with Crippen molar-refractivity contribution in [3.05, 3.63) is 5.82 Å². The molecule has 1 atom stereocenters. The van der Waals surface area contributed by atoms with Gasteiger partial charge in [0.1, 0.15) is 0 Å². The van der Waals surface area contributed by atoms with Crippen molar-refractivity contribution in [2.75, 3.05) is 0 Å². The molecule has 2 N–H and O–H groups in total. The van der Waals surface area contributed by atoms with Crippen molar-refractivity contribution in [2.45, 2.75) is 51.1 Å². The lowest BCUT2D eigenvalue weighted by molar-refractivity contribution is 0.276. The Bertz CT molecular complexity index is 311. The Labute approximate surface area is 83.7 Å². The SMILES string of the molecule is CC(N)c1nnnn1C1(C)CCCC1. The van der Waals surface area contributed by atoms with Crippen molar-refractivity contribution < 1.29 is 0 Å². The van der Waals surface area contributed by atoms with Crippen LogP contribution in [0, 0.1) is 0 Å². The molecule has 78 valence electrons. The first-order chi connectivity index (χ1) is 6.63. The summed E-state index contributed by atoms with van der Waals surface area (Å²) in [6.07, 6.45) is 4.82. The summed E-state index contributed by atoms with van der Waals surface area (Å²) in [7, 11) is 0. The smallest absolute Gasteiger partial charge is 0.168 e. The Kier molecular flexibility index (Phi) is 2.26. The second kappa shape index (κ2) is 3.31. The zero-order valence-electron chi connectivity index (χ0n) is 8.77. The molecule has 0 spiro atoms. The van der Waals surface area contributed by atoms with Gasteiger partial charge in [0.05, 0.1) is 11.6 Å². The van der Waals surface area contributed by atoms with Crippen LogP contribution in [0.5, 0.6) is 0 Å². The standard InChI is InChI=1S/C9H17N5/c1-7(10)8-11-12-13-14(8)9(2)5-3-4-6-9/h7H,3-6,10H2,1-2H3. The molecule has 1 heterocycles. The number of nitrogens with zero attached hydrogens (tertiary/aromatic N) is 4. The number of aromatic nitrogens is 4. The van der Waals surface area contributed by atoms with Crippen LogP contribution in [0.4, 0.5) is 0 Å². The van der Waals surface area contributed by atoms with E-state index in [2.05, 4.69) is 22.4 Å². The van der Waals surface area contributed by atoms with Gasteiger partial charge in [0, 0.05) is 0 Å². The van der Waals surface area contributed by atoms with Gasteiger partial charge in [-0.05, 0) is 37.1 Å². The van der Waals surface area contributed by atoms with Crippen LogP contribution in [-0.2, 0) is 5.54 Å². The van der Waals surface area contributed by atoms with Crippen LogP contribution in [0.3, 0.4) is 0 Å². The molecule has 5 nitrogen and oxygen atoms in total. The first-order valence-electron chi connectivity index (χ1n) is 5.18. The molecule has 0 radical (unpaired) electrons. The van der Waals surface area contributed by atoms with E-state index in [-0.39, 0.29) is 11.6 Å². The molecule has 1 aromatic rings. The van der Waals surface area contributed by atoms with Gasteiger partial charge >= 0.3 is 0 Å². The molecule has 1 fully saturated rings. The van der Waals surface area contributed by atoms with E-state index in [0.29, 0.717) is 0 Å². The molecule has 2 rings (SSSR count). The summed E-state index contributed by atoms with van der Waals surface area (Å²) in [6, 6.07) is -0.0950. The first-order valence-corrected chi connectivity index (χ1v) is 5.18. The lowest BCUT2D eigenvalue weighted by atomic mass is 10.0. The van der Waals surface area contributed by atoms with E-state index < -0.39 is 0 Å². The molecule has 0 aliphatic heterocycles. The highest BCUT2D eigenvalue weighted by atomic mass is 15.6. The van der Waals surface area contributed by atoms with Crippen LogP contribution >= 0.6 is 0 Å². The van der Waals surface area contributed by atoms with E-state index >= 15 is 0 Å². The third kappa shape index (κ3) is 1.41. The first kappa shape index (κ1) is 9.58. The Morgan fingerprint density at radius 2 is 2.07 bits per heavy atom. The van der Waals surface area contributed by atoms with Crippen molar-refractivity contribution in [1.82, 2.24) is 20.2 Å². The molecule has 0 saturated heterocycles. The summed E-state index contributed by atoms with van der Waals surface area (Å²) in [4.78, 5) is 0. The fourth-order valence-electron chi connectivity index (χ4n) is 2.21.